The second kappa shape index (κ2) is 6.13. The Morgan fingerprint density at radius 2 is 1.74 bits per heavy atom. The molecule has 2 atom stereocenters. The van der Waals surface area contributed by atoms with Gasteiger partial charge in [0.15, 0.2) is 0 Å². The van der Waals surface area contributed by atoms with Crippen LogP contribution < -0.4 is 0 Å². The van der Waals surface area contributed by atoms with Crippen molar-refractivity contribution in [2.75, 3.05) is 6.61 Å². The highest BCUT2D eigenvalue weighted by Gasteiger charge is 2.39. The molecule has 2 nitrogen and oxygen atoms in total. The fraction of sp³-hybridized carbons (Fsp3) is 1.00. The largest absolute Gasteiger partial charge is 0.393 e. The molecule has 0 amide bonds. The summed E-state index contributed by atoms with van der Waals surface area (Å²) in [6.45, 7) is 0.933. The van der Waals surface area contributed by atoms with Crippen LogP contribution in [0.4, 0.5) is 0 Å². The first-order valence-corrected chi connectivity index (χ1v) is 8.59. The van der Waals surface area contributed by atoms with Gasteiger partial charge < -0.3 is 9.84 Å². The van der Waals surface area contributed by atoms with Crippen LogP contribution in [0.2, 0.25) is 0 Å². The number of rotatable bonds is 3. The van der Waals surface area contributed by atoms with Crippen LogP contribution >= 0.6 is 0 Å². The third-order valence-corrected chi connectivity index (χ3v) is 5.88. The second-order valence-electron chi connectivity index (χ2n) is 7.30. The molecule has 0 bridgehead atoms. The minimum Gasteiger partial charge on any atom is -0.393 e. The second-order valence-corrected chi connectivity index (χ2v) is 7.30. The van der Waals surface area contributed by atoms with Crippen LogP contribution in [0.5, 0.6) is 0 Å². The molecule has 19 heavy (non-hydrogen) atoms. The Morgan fingerprint density at radius 3 is 2.47 bits per heavy atom. The molecule has 1 aliphatic heterocycles. The summed E-state index contributed by atoms with van der Waals surface area (Å²) < 4.78 is 6.16. The van der Waals surface area contributed by atoms with E-state index in [4.69, 9.17) is 4.74 Å². The third-order valence-electron chi connectivity index (χ3n) is 5.88. The van der Waals surface area contributed by atoms with Gasteiger partial charge in [0.1, 0.15) is 0 Å². The molecule has 2 aliphatic carbocycles. The SMILES string of the molecule is OC(CC1CCOC2(CCCCC2)C1)C1CCCC1. The topological polar surface area (TPSA) is 29.5 Å². The van der Waals surface area contributed by atoms with E-state index in [2.05, 4.69) is 0 Å². The van der Waals surface area contributed by atoms with E-state index in [1.165, 1.54) is 70.6 Å². The highest BCUT2D eigenvalue weighted by atomic mass is 16.5. The average molecular weight is 266 g/mol. The molecule has 2 heteroatoms. The summed E-state index contributed by atoms with van der Waals surface area (Å²) in [4.78, 5) is 0. The lowest BCUT2D eigenvalue weighted by Crippen LogP contribution is -2.42. The zero-order valence-electron chi connectivity index (χ0n) is 12.3. The van der Waals surface area contributed by atoms with E-state index in [0.29, 0.717) is 11.8 Å². The van der Waals surface area contributed by atoms with Gasteiger partial charge in [0.05, 0.1) is 11.7 Å². The molecule has 0 aromatic rings. The number of ether oxygens (including phenoxy) is 1. The van der Waals surface area contributed by atoms with Gasteiger partial charge in [-0.15, -0.1) is 0 Å². The molecular formula is C17H30O2. The lowest BCUT2D eigenvalue weighted by Gasteiger charge is -2.44. The van der Waals surface area contributed by atoms with Crippen molar-refractivity contribution in [3.05, 3.63) is 0 Å². The number of aliphatic hydroxyl groups is 1. The Balaban J connectivity index is 1.52. The summed E-state index contributed by atoms with van der Waals surface area (Å²) in [5.41, 5.74) is 0.205. The molecule has 3 fully saturated rings. The number of hydrogen-bond donors (Lipinski definition) is 1. The lowest BCUT2D eigenvalue weighted by molar-refractivity contribution is -0.123. The smallest absolute Gasteiger partial charge is 0.0685 e. The van der Waals surface area contributed by atoms with Gasteiger partial charge in [-0.1, -0.05) is 32.1 Å². The average Bonchev–Trinajstić information content (AvgIpc) is 2.93. The summed E-state index contributed by atoms with van der Waals surface area (Å²) in [6.07, 6.45) is 15.2. The van der Waals surface area contributed by atoms with Crippen LogP contribution in [0, 0.1) is 11.8 Å². The van der Waals surface area contributed by atoms with Crippen molar-refractivity contribution >= 4 is 0 Å². The van der Waals surface area contributed by atoms with Gasteiger partial charge in [-0.05, 0) is 56.8 Å². The Kier molecular flexibility index (Phi) is 4.48. The number of hydrogen-bond acceptors (Lipinski definition) is 2. The summed E-state index contributed by atoms with van der Waals surface area (Å²) in [6, 6.07) is 0. The first-order valence-electron chi connectivity index (χ1n) is 8.59. The summed E-state index contributed by atoms with van der Waals surface area (Å²) in [7, 11) is 0. The van der Waals surface area contributed by atoms with Gasteiger partial charge in [-0.3, -0.25) is 0 Å². The molecule has 1 N–H and O–H groups in total. The third kappa shape index (κ3) is 3.33. The molecule has 0 radical (unpaired) electrons. The van der Waals surface area contributed by atoms with Crippen molar-refractivity contribution in [2.24, 2.45) is 11.8 Å². The predicted molar refractivity (Wildman–Crippen MR) is 77.1 cm³/mol. The van der Waals surface area contributed by atoms with Crippen molar-refractivity contribution in [1.82, 2.24) is 0 Å². The molecule has 2 saturated carbocycles. The van der Waals surface area contributed by atoms with E-state index in [1.807, 2.05) is 0 Å². The zero-order chi connectivity index (χ0) is 13.1. The van der Waals surface area contributed by atoms with Crippen molar-refractivity contribution in [3.8, 4) is 0 Å². The molecule has 2 unspecified atom stereocenters. The van der Waals surface area contributed by atoms with E-state index in [1.54, 1.807) is 0 Å². The minimum atomic E-state index is -0.0359. The highest BCUT2D eigenvalue weighted by Crippen LogP contribution is 2.42. The van der Waals surface area contributed by atoms with Crippen LogP contribution in [-0.4, -0.2) is 23.4 Å². The highest BCUT2D eigenvalue weighted by molar-refractivity contribution is 4.90. The standard InChI is InChI=1S/C17H30O2/c18-16(15-6-2-3-7-15)12-14-8-11-19-17(13-14)9-4-1-5-10-17/h14-16,18H,1-13H2. The Labute approximate surface area is 117 Å². The van der Waals surface area contributed by atoms with E-state index < -0.39 is 0 Å². The van der Waals surface area contributed by atoms with Crippen LogP contribution in [0.1, 0.15) is 77.0 Å². The lowest BCUT2D eigenvalue weighted by atomic mass is 9.74. The fourth-order valence-corrected chi connectivity index (χ4v) is 4.75. The summed E-state index contributed by atoms with van der Waals surface area (Å²) >= 11 is 0. The maximum Gasteiger partial charge on any atom is 0.0685 e. The van der Waals surface area contributed by atoms with Crippen LogP contribution in [0.25, 0.3) is 0 Å². The van der Waals surface area contributed by atoms with Crippen molar-refractivity contribution in [3.63, 3.8) is 0 Å². The van der Waals surface area contributed by atoms with E-state index in [9.17, 15) is 5.11 Å². The molecule has 0 aromatic carbocycles. The van der Waals surface area contributed by atoms with Crippen molar-refractivity contribution < 1.29 is 9.84 Å². The van der Waals surface area contributed by atoms with E-state index >= 15 is 0 Å². The van der Waals surface area contributed by atoms with Crippen LogP contribution in [0.15, 0.2) is 0 Å². The van der Waals surface area contributed by atoms with Gasteiger partial charge in [-0.25, -0.2) is 0 Å². The molecule has 1 saturated heterocycles. The quantitative estimate of drug-likeness (QED) is 0.835. The van der Waals surface area contributed by atoms with Crippen molar-refractivity contribution in [2.45, 2.75) is 88.8 Å². The van der Waals surface area contributed by atoms with Gasteiger partial charge in [0.25, 0.3) is 0 Å². The predicted octanol–water partition coefficient (Wildman–Crippen LogP) is 4.06. The minimum absolute atomic E-state index is 0.0359. The van der Waals surface area contributed by atoms with E-state index in [0.717, 1.165) is 13.0 Å². The number of aliphatic hydroxyl groups excluding tert-OH is 1. The van der Waals surface area contributed by atoms with Crippen LogP contribution in [-0.2, 0) is 4.74 Å². The molecule has 3 aliphatic rings. The van der Waals surface area contributed by atoms with Gasteiger partial charge in [0, 0.05) is 6.61 Å². The van der Waals surface area contributed by atoms with Crippen molar-refractivity contribution in [1.29, 1.82) is 0 Å². The molecule has 1 spiro atoms. The summed E-state index contributed by atoms with van der Waals surface area (Å²) in [5.74, 6) is 1.31. The zero-order valence-corrected chi connectivity index (χ0v) is 12.3. The normalized spacial score (nSPS) is 33.6. The monoisotopic (exact) mass is 266 g/mol. The van der Waals surface area contributed by atoms with Gasteiger partial charge in [-0.2, -0.15) is 0 Å². The maximum absolute atomic E-state index is 10.4. The molecular weight excluding hydrogens is 236 g/mol. The molecule has 0 aromatic heterocycles. The fourth-order valence-electron chi connectivity index (χ4n) is 4.75. The van der Waals surface area contributed by atoms with Crippen LogP contribution in [0.3, 0.4) is 0 Å². The van der Waals surface area contributed by atoms with E-state index in [-0.39, 0.29) is 11.7 Å². The molecule has 3 rings (SSSR count). The maximum atomic E-state index is 10.4. The summed E-state index contributed by atoms with van der Waals surface area (Å²) in [5, 5.41) is 10.4. The Bertz CT molecular complexity index is 271. The Hall–Kier alpha value is -0.0800. The van der Waals surface area contributed by atoms with Gasteiger partial charge in [0.2, 0.25) is 0 Å². The molecule has 1 heterocycles. The molecule has 110 valence electrons. The van der Waals surface area contributed by atoms with Gasteiger partial charge >= 0.3 is 0 Å². The Morgan fingerprint density at radius 1 is 1.00 bits per heavy atom. The first-order chi connectivity index (χ1) is 9.27. The first kappa shape index (κ1) is 13.9.